The van der Waals surface area contributed by atoms with Crippen molar-refractivity contribution in [2.45, 2.75) is 25.8 Å². The highest BCUT2D eigenvalue weighted by atomic mass is 19.2. The van der Waals surface area contributed by atoms with Gasteiger partial charge in [0.25, 0.3) is 5.56 Å². The van der Waals surface area contributed by atoms with Crippen molar-refractivity contribution in [3.63, 3.8) is 0 Å². The van der Waals surface area contributed by atoms with Crippen molar-refractivity contribution in [1.29, 1.82) is 0 Å². The number of amides is 1. The molecule has 0 saturated carbocycles. The Hall–Kier alpha value is -3.16. The van der Waals surface area contributed by atoms with Gasteiger partial charge >= 0.3 is 0 Å². The number of hydrogen-bond donors (Lipinski definition) is 2. The maximum atomic E-state index is 14.0. The number of aromatic amines is 1. The molecule has 3 rings (SSSR count). The number of benzene rings is 2. The zero-order chi connectivity index (χ0) is 20.6. The molecule has 146 valence electrons. The lowest BCUT2D eigenvalue weighted by atomic mass is 9.98. The third kappa shape index (κ3) is 3.62. The third-order valence-electron chi connectivity index (χ3n) is 4.59. The number of rotatable bonds is 4. The van der Waals surface area contributed by atoms with Crippen molar-refractivity contribution < 1.29 is 22.4 Å². The summed E-state index contributed by atoms with van der Waals surface area (Å²) in [6.07, 6.45) is 0. The van der Waals surface area contributed by atoms with E-state index in [0.29, 0.717) is 6.07 Å². The molecule has 0 fully saturated rings. The van der Waals surface area contributed by atoms with E-state index in [-0.39, 0.29) is 22.0 Å². The molecule has 0 radical (unpaired) electrons. The second-order valence-electron chi connectivity index (χ2n) is 6.49. The first kappa shape index (κ1) is 19.6. The van der Waals surface area contributed by atoms with E-state index in [1.165, 1.54) is 26.0 Å². The number of pyridine rings is 1. The van der Waals surface area contributed by atoms with E-state index in [1.54, 1.807) is 0 Å². The SMILES string of the molecule is C[C@H](NC(=O)[C@H](C)c1cc2c(F)c(F)ccc2[nH]c1=O)c1ccc(F)cc1F. The van der Waals surface area contributed by atoms with Crippen LogP contribution in [0.5, 0.6) is 0 Å². The minimum Gasteiger partial charge on any atom is -0.349 e. The van der Waals surface area contributed by atoms with Crippen molar-refractivity contribution in [2.24, 2.45) is 0 Å². The fourth-order valence-corrected chi connectivity index (χ4v) is 2.96. The molecule has 1 amide bonds. The summed E-state index contributed by atoms with van der Waals surface area (Å²) in [7, 11) is 0. The van der Waals surface area contributed by atoms with Gasteiger partial charge in [-0.05, 0) is 38.1 Å². The molecule has 2 N–H and O–H groups in total. The summed E-state index contributed by atoms with van der Waals surface area (Å²) in [5, 5.41) is 2.37. The van der Waals surface area contributed by atoms with E-state index in [1.807, 2.05) is 0 Å². The minimum atomic E-state index is -1.13. The predicted octanol–water partition coefficient (Wildman–Crippen LogP) is 4.07. The molecule has 2 aromatic carbocycles. The Morgan fingerprint density at radius 3 is 2.36 bits per heavy atom. The van der Waals surface area contributed by atoms with Crippen LogP contribution in [0, 0.1) is 23.3 Å². The maximum absolute atomic E-state index is 14.0. The monoisotopic (exact) mass is 392 g/mol. The van der Waals surface area contributed by atoms with Gasteiger partial charge in [-0.3, -0.25) is 9.59 Å². The summed E-state index contributed by atoms with van der Waals surface area (Å²) >= 11 is 0. The molecule has 1 aromatic heterocycles. The summed E-state index contributed by atoms with van der Waals surface area (Å²) in [6, 6.07) is 5.42. The Bertz CT molecular complexity index is 1130. The Kier molecular flexibility index (Phi) is 5.22. The summed E-state index contributed by atoms with van der Waals surface area (Å²) in [4.78, 5) is 27.2. The molecule has 4 nitrogen and oxygen atoms in total. The lowest BCUT2D eigenvalue weighted by Crippen LogP contribution is -2.33. The van der Waals surface area contributed by atoms with Gasteiger partial charge in [-0.25, -0.2) is 17.6 Å². The van der Waals surface area contributed by atoms with Crippen molar-refractivity contribution in [3.8, 4) is 0 Å². The maximum Gasteiger partial charge on any atom is 0.252 e. The van der Waals surface area contributed by atoms with Gasteiger partial charge in [0.1, 0.15) is 11.6 Å². The van der Waals surface area contributed by atoms with Crippen molar-refractivity contribution in [1.82, 2.24) is 10.3 Å². The molecule has 0 unspecified atom stereocenters. The van der Waals surface area contributed by atoms with Gasteiger partial charge in [0.15, 0.2) is 11.6 Å². The molecule has 0 saturated heterocycles. The van der Waals surface area contributed by atoms with E-state index in [9.17, 15) is 27.2 Å². The third-order valence-corrected chi connectivity index (χ3v) is 4.59. The summed E-state index contributed by atoms with van der Waals surface area (Å²) < 4.78 is 54.4. The fourth-order valence-electron chi connectivity index (χ4n) is 2.96. The Labute approximate surface area is 157 Å². The molecule has 1 heterocycles. The number of carbonyl (C=O) groups is 1. The Morgan fingerprint density at radius 2 is 1.68 bits per heavy atom. The van der Waals surface area contributed by atoms with E-state index in [0.717, 1.165) is 18.2 Å². The van der Waals surface area contributed by atoms with Crippen LogP contribution in [-0.4, -0.2) is 10.9 Å². The van der Waals surface area contributed by atoms with Crippen LogP contribution in [0.4, 0.5) is 17.6 Å². The Balaban J connectivity index is 1.89. The largest absolute Gasteiger partial charge is 0.349 e. The lowest BCUT2D eigenvalue weighted by molar-refractivity contribution is -0.122. The summed E-state index contributed by atoms with van der Waals surface area (Å²) in [5.41, 5.74) is -0.521. The number of H-pyrrole nitrogens is 1. The fraction of sp³-hybridized carbons (Fsp3) is 0.200. The molecule has 8 heteroatoms. The van der Waals surface area contributed by atoms with Gasteiger partial charge in [-0.1, -0.05) is 6.07 Å². The number of nitrogens with one attached hydrogen (secondary N) is 2. The highest BCUT2D eigenvalue weighted by Crippen LogP contribution is 2.23. The summed E-state index contributed by atoms with van der Waals surface area (Å²) in [6.45, 7) is 2.91. The molecule has 0 aliphatic carbocycles. The van der Waals surface area contributed by atoms with Crippen LogP contribution in [0.1, 0.15) is 36.9 Å². The number of carbonyl (C=O) groups excluding carboxylic acids is 1. The number of hydrogen-bond acceptors (Lipinski definition) is 2. The first-order valence-corrected chi connectivity index (χ1v) is 8.45. The van der Waals surface area contributed by atoms with Gasteiger partial charge in [-0.15, -0.1) is 0 Å². The van der Waals surface area contributed by atoms with Crippen LogP contribution in [0.3, 0.4) is 0 Å². The smallest absolute Gasteiger partial charge is 0.252 e. The molecule has 2 atom stereocenters. The van der Waals surface area contributed by atoms with Crippen LogP contribution >= 0.6 is 0 Å². The van der Waals surface area contributed by atoms with Crippen LogP contribution in [0.2, 0.25) is 0 Å². The quantitative estimate of drug-likeness (QED) is 0.658. The molecule has 0 bridgehead atoms. The summed E-state index contributed by atoms with van der Waals surface area (Å²) in [5.74, 6) is -5.43. The molecule has 0 aliphatic heterocycles. The van der Waals surface area contributed by atoms with Gasteiger partial charge in [0.2, 0.25) is 5.91 Å². The standard InChI is InChI=1S/C20H16F4N2O2/c1-9(19(27)25-10(2)12-4-3-11(21)7-16(12)23)13-8-14-17(26-20(13)28)6-5-15(22)18(14)24/h3-10H,1-2H3,(H,25,27)(H,26,28)/t9-,10+/m1/s1. The van der Waals surface area contributed by atoms with Crippen molar-refractivity contribution in [2.75, 3.05) is 0 Å². The highest BCUT2D eigenvalue weighted by molar-refractivity contribution is 5.86. The normalized spacial score (nSPS) is 13.4. The first-order chi connectivity index (χ1) is 13.2. The molecule has 0 spiro atoms. The average Bonchev–Trinajstić information content (AvgIpc) is 2.63. The van der Waals surface area contributed by atoms with E-state index < -0.39 is 46.7 Å². The van der Waals surface area contributed by atoms with Crippen molar-refractivity contribution in [3.05, 3.63) is 81.1 Å². The molecular weight excluding hydrogens is 376 g/mol. The average molecular weight is 392 g/mol. The van der Waals surface area contributed by atoms with Crippen molar-refractivity contribution >= 4 is 16.8 Å². The van der Waals surface area contributed by atoms with E-state index >= 15 is 0 Å². The molecule has 0 aliphatic rings. The van der Waals surface area contributed by atoms with Gasteiger partial charge < -0.3 is 10.3 Å². The zero-order valence-electron chi connectivity index (χ0n) is 14.9. The minimum absolute atomic E-state index is 0.0683. The van der Waals surface area contributed by atoms with Crippen LogP contribution in [-0.2, 0) is 4.79 Å². The van der Waals surface area contributed by atoms with Gasteiger partial charge in [-0.2, -0.15) is 0 Å². The zero-order valence-corrected chi connectivity index (χ0v) is 14.9. The van der Waals surface area contributed by atoms with Gasteiger partial charge in [0, 0.05) is 22.6 Å². The van der Waals surface area contributed by atoms with E-state index in [2.05, 4.69) is 10.3 Å². The topological polar surface area (TPSA) is 62.0 Å². The molecule has 3 aromatic rings. The first-order valence-electron chi connectivity index (χ1n) is 8.45. The molecular formula is C20H16F4N2O2. The second kappa shape index (κ2) is 7.46. The lowest BCUT2D eigenvalue weighted by Gasteiger charge is -2.18. The Morgan fingerprint density at radius 1 is 0.964 bits per heavy atom. The van der Waals surface area contributed by atoms with Crippen LogP contribution in [0.15, 0.2) is 41.2 Å². The predicted molar refractivity (Wildman–Crippen MR) is 95.8 cm³/mol. The number of aromatic nitrogens is 1. The number of fused-ring (bicyclic) bond motifs is 1. The van der Waals surface area contributed by atoms with Gasteiger partial charge in [0.05, 0.1) is 17.5 Å². The highest BCUT2D eigenvalue weighted by Gasteiger charge is 2.23. The second-order valence-corrected chi connectivity index (χ2v) is 6.49. The molecule has 28 heavy (non-hydrogen) atoms. The number of halogens is 4. The van der Waals surface area contributed by atoms with Crippen LogP contribution < -0.4 is 10.9 Å². The van der Waals surface area contributed by atoms with E-state index in [4.69, 9.17) is 0 Å². The van der Waals surface area contributed by atoms with Crippen LogP contribution in [0.25, 0.3) is 10.9 Å².